The van der Waals surface area contributed by atoms with Gasteiger partial charge in [-0.05, 0) is 39.7 Å². The number of carbonyl (C=O) groups is 3. The van der Waals surface area contributed by atoms with E-state index in [4.69, 9.17) is 4.42 Å². The number of rotatable bonds is 5. The van der Waals surface area contributed by atoms with E-state index in [0.29, 0.717) is 0 Å². The lowest BCUT2D eigenvalue weighted by Crippen LogP contribution is -2.41. The molecule has 164 valence electrons. The van der Waals surface area contributed by atoms with Crippen LogP contribution in [0, 0.1) is 0 Å². The molecule has 1 aliphatic heterocycles. The molecule has 0 saturated heterocycles. The van der Waals surface area contributed by atoms with E-state index in [2.05, 4.69) is 21.2 Å². The van der Waals surface area contributed by atoms with Crippen molar-refractivity contribution in [2.45, 2.75) is 12.2 Å². The number of hydrogen-bond acceptors (Lipinski definition) is 4. The molecule has 0 spiro atoms. The SMILES string of the molecule is O=C(NC(CN1C(=O)c2ccccc2C1=O)c1ccccc1C(F)(F)F)c1coc(Br)c1. The van der Waals surface area contributed by atoms with Crippen molar-refractivity contribution in [3.63, 3.8) is 0 Å². The second-order valence-corrected chi connectivity index (χ2v) is 7.80. The summed E-state index contributed by atoms with van der Waals surface area (Å²) in [5.74, 6) is -2.00. The second-order valence-electron chi connectivity index (χ2n) is 7.02. The molecule has 2 heterocycles. The molecule has 1 unspecified atom stereocenters. The van der Waals surface area contributed by atoms with Crippen molar-refractivity contribution in [1.82, 2.24) is 10.2 Å². The van der Waals surface area contributed by atoms with Crippen LogP contribution in [0.5, 0.6) is 0 Å². The number of amides is 3. The van der Waals surface area contributed by atoms with Crippen LogP contribution in [0.2, 0.25) is 0 Å². The van der Waals surface area contributed by atoms with Crippen molar-refractivity contribution in [2.75, 3.05) is 6.54 Å². The fourth-order valence-corrected chi connectivity index (χ4v) is 3.88. The lowest BCUT2D eigenvalue weighted by molar-refractivity contribution is -0.138. The van der Waals surface area contributed by atoms with Gasteiger partial charge in [0.1, 0.15) is 6.26 Å². The molecule has 3 amide bonds. The maximum atomic E-state index is 13.7. The predicted octanol–water partition coefficient (Wildman–Crippen LogP) is 4.83. The molecule has 6 nitrogen and oxygen atoms in total. The highest BCUT2D eigenvalue weighted by Gasteiger charge is 2.40. The summed E-state index contributed by atoms with van der Waals surface area (Å²) in [5.41, 5.74) is -0.868. The van der Waals surface area contributed by atoms with Crippen LogP contribution >= 0.6 is 15.9 Å². The van der Waals surface area contributed by atoms with E-state index >= 15 is 0 Å². The van der Waals surface area contributed by atoms with Gasteiger partial charge in [-0.1, -0.05) is 30.3 Å². The van der Waals surface area contributed by atoms with Gasteiger partial charge in [0.05, 0.1) is 34.8 Å². The number of furan rings is 1. The fraction of sp³-hybridized carbons (Fsp3) is 0.136. The monoisotopic (exact) mass is 506 g/mol. The summed E-state index contributed by atoms with van der Waals surface area (Å²) in [4.78, 5) is 39.1. The average molecular weight is 507 g/mol. The van der Waals surface area contributed by atoms with Gasteiger partial charge in [-0.25, -0.2) is 0 Å². The minimum absolute atomic E-state index is 0.0636. The molecule has 32 heavy (non-hydrogen) atoms. The lowest BCUT2D eigenvalue weighted by Gasteiger charge is -2.26. The molecule has 10 heteroatoms. The maximum absolute atomic E-state index is 13.7. The molecule has 1 atom stereocenters. The summed E-state index contributed by atoms with van der Waals surface area (Å²) in [7, 11) is 0. The summed E-state index contributed by atoms with van der Waals surface area (Å²) < 4.78 is 46.3. The second kappa shape index (κ2) is 8.27. The number of imide groups is 1. The van der Waals surface area contributed by atoms with Gasteiger partial charge in [-0.2, -0.15) is 13.2 Å². The van der Waals surface area contributed by atoms with Crippen molar-refractivity contribution in [2.24, 2.45) is 0 Å². The van der Waals surface area contributed by atoms with Gasteiger partial charge < -0.3 is 9.73 Å². The van der Waals surface area contributed by atoms with Gasteiger partial charge in [0, 0.05) is 6.07 Å². The average Bonchev–Trinajstić information content (AvgIpc) is 3.30. The predicted molar refractivity (Wildman–Crippen MR) is 110 cm³/mol. The molecule has 1 N–H and O–H groups in total. The zero-order valence-electron chi connectivity index (χ0n) is 16.2. The van der Waals surface area contributed by atoms with Gasteiger partial charge in [0.2, 0.25) is 0 Å². The van der Waals surface area contributed by atoms with Crippen LogP contribution in [0.1, 0.15) is 48.2 Å². The van der Waals surface area contributed by atoms with Gasteiger partial charge in [-0.15, -0.1) is 0 Å². The van der Waals surface area contributed by atoms with Crippen LogP contribution in [-0.2, 0) is 6.18 Å². The summed E-state index contributed by atoms with van der Waals surface area (Å²) in [5, 5.41) is 2.50. The Hall–Kier alpha value is -3.40. The maximum Gasteiger partial charge on any atom is 0.416 e. The van der Waals surface area contributed by atoms with Crippen LogP contribution in [0.3, 0.4) is 0 Å². The van der Waals surface area contributed by atoms with E-state index < -0.39 is 42.0 Å². The zero-order chi connectivity index (χ0) is 23.0. The largest absolute Gasteiger partial charge is 0.457 e. The molecule has 0 bridgehead atoms. The van der Waals surface area contributed by atoms with E-state index in [1.165, 1.54) is 36.4 Å². The van der Waals surface area contributed by atoms with E-state index in [-0.39, 0.29) is 26.9 Å². The molecular formula is C22H14BrF3N2O4. The standard InChI is InChI=1S/C22H14BrF3N2O4/c23-18-9-12(11-32-18)19(29)27-17(15-7-3-4-8-16(15)22(24,25)26)10-28-20(30)13-5-1-2-6-14(13)21(28)31/h1-9,11,17H,10H2,(H,27,29). The first-order valence-electron chi connectivity index (χ1n) is 9.33. The first-order valence-corrected chi connectivity index (χ1v) is 10.1. The molecule has 4 rings (SSSR count). The number of nitrogens with zero attached hydrogens (tertiary/aromatic N) is 1. The van der Waals surface area contributed by atoms with Crippen LogP contribution in [0.4, 0.5) is 13.2 Å². The highest BCUT2D eigenvalue weighted by molar-refractivity contribution is 9.10. The first-order chi connectivity index (χ1) is 15.2. The van der Waals surface area contributed by atoms with Crippen LogP contribution in [-0.4, -0.2) is 29.2 Å². The fourth-order valence-electron chi connectivity index (χ4n) is 3.54. The topological polar surface area (TPSA) is 79.6 Å². The molecule has 1 aliphatic rings. The zero-order valence-corrected chi connectivity index (χ0v) is 17.7. The summed E-state index contributed by atoms with van der Waals surface area (Å²) in [6.45, 7) is -0.482. The molecule has 2 aromatic carbocycles. The summed E-state index contributed by atoms with van der Waals surface area (Å²) >= 11 is 3.06. The molecular weight excluding hydrogens is 493 g/mol. The third-order valence-corrected chi connectivity index (χ3v) is 5.44. The molecule has 0 saturated carbocycles. The molecule has 0 fully saturated rings. The third kappa shape index (κ3) is 4.05. The number of alkyl halides is 3. The molecule has 0 radical (unpaired) electrons. The first kappa shape index (κ1) is 21.8. The van der Waals surface area contributed by atoms with Crippen molar-refractivity contribution >= 4 is 33.7 Å². The van der Waals surface area contributed by atoms with Gasteiger partial charge >= 0.3 is 6.18 Å². The Kier molecular flexibility index (Phi) is 5.64. The van der Waals surface area contributed by atoms with E-state index in [1.807, 2.05) is 0 Å². The Balaban J connectivity index is 1.72. The molecule has 3 aromatic rings. The number of carbonyl (C=O) groups excluding carboxylic acids is 3. The van der Waals surface area contributed by atoms with Crippen LogP contribution in [0.25, 0.3) is 0 Å². The Morgan fingerprint density at radius 3 is 2.19 bits per heavy atom. The lowest BCUT2D eigenvalue weighted by atomic mass is 9.98. The highest BCUT2D eigenvalue weighted by atomic mass is 79.9. The van der Waals surface area contributed by atoms with Gasteiger partial charge in [0.15, 0.2) is 4.67 Å². The highest BCUT2D eigenvalue weighted by Crippen LogP contribution is 2.36. The third-order valence-electron chi connectivity index (χ3n) is 5.02. The molecule has 1 aromatic heterocycles. The van der Waals surface area contributed by atoms with Crippen molar-refractivity contribution < 1.29 is 32.0 Å². The van der Waals surface area contributed by atoms with Gasteiger partial charge in [-0.3, -0.25) is 19.3 Å². The smallest absolute Gasteiger partial charge is 0.416 e. The summed E-state index contributed by atoms with van der Waals surface area (Å²) in [6.07, 6.45) is -3.58. The Morgan fingerprint density at radius 1 is 1.03 bits per heavy atom. The van der Waals surface area contributed by atoms with Crippen molar-refractivity contribution in [3.05, 3.63) is 93.3 Å². The Morgan fingerprint density at radius 2 is 1.62 bits per heavy atom. The van der Waals surface area contributed by atoms with Crippen LogP contribution in [0.15, 0.2) is 69.9 Å². The number of halogens is 4. The number of fused-ring (bicyclic) bond motifs is 1. The van der Waals surface area contributed by atoms with Crippen molar-refractivity contribution in [3.8, 4) is 0 Å². The van der Waals surface area contributed by atoms with E-state index in [9.17, 15) is 27.6 Å². The number of nitrogens with one attached hydrogen (secondary N) is 1. The number of benzene rings is 2. The number of hydrogen-bond donors (Lipinski definition) is 1. The Labute approximate surface area is 188 Å². The minimum atomic E-state index is -4.71. The summed E-state index contributed by atoms with van der Waals surface area (Å²) in [6, 6.07) is 10.8. The quantitative estimate of drug-likeness (QED) is 0.502. The Bertz CT molecular complexity index is 1190. The minimum Gasteiger partial charge on any atom is -0.457 e. The van der Waals surface area contributed by atoms with E-state index in [0.717, 1.165) is 17.2 Å². The normalized spacial score (nSPS) is 14.4. The van der Waals surface area contributed by atoms with E-state index in [1.54, 1.807) is 12.1 Å². The van der Waals surface area contributed by atoms with Crippen LogP contribution < -0.4 is 5.32 Å². The van der Waals surface area contributed by atoms with Crippen molar-refractivity contribution in [1.29, 1.82) is 0 Å². The molecule has 0 aliphatic carbocycles. The van der Waals surface area contributed by atoms with Gasteiger partial charge in [0.25, 0.3) is 17.7 Å².